The van der Waals surface area contributed by atoms with Crippen LogP contribution in [0.25, 0.3) is 0 Å². The molecule has 0 unspecified atom stereocenters. The predicted octanol–water partition coefficient (Wildman–Crippen LogP) is 1.07. The fraction of sp³-hybridized carbons (Fsp3) is 0.474. The zero-order chi connectivity index (χ0) is 18.5. The van der Waals surface area contributed by atoms with E-state index in [0.29, 0.717) is 12.1 Å². The van der Waals surface area contributed by atoms with Gasteiger partial charge in [0.05, 0.1) is 12.8 Å². The van der Waals surface area contributed by atoms with Crippen LogP contribution in [-0.2, 0) is 6.54 Å². The highest BCUT2D eigenvalue weighted by atomic mass is 16.5. The molecule has 0 aliphatic carbocycles. The van der Waals surface area contributed by atoms with Crippen molar-refractivity contribution in [2.24, 2.45) is 0 Å². The number of benzene rings is 1. The van der Waals surface area contributed by atoms with Crippen molar-refractivity contribution < 1.29 is 4.74 Å². The number of para-hydroxylation sites is 2. The van der Waals surface area contributed by atoms with E-state index in [-0.39, 0.29) is 11.2 Å². The Morgan fingerprint density at radius 2 is 1.81 bits per heavy atom. The number of methoxy groups -OCH3 is 1. The normalized spacial score (nSPS) is 15.2. The summed E-state index contributed by atoms with van der Waals surface area (Å²) in [6.45, 7) is 6.82. The highest BCUT2D eigenvalue weighted by Crippen LogP contribution is 2.28. The number of aromatic amines is 1. The highest BCUT2D eigenvalue weighted by Gasteiger charge is 2.19. The standard InChI is InChI=1S/C19H26N4O3/c1-15-14-20-19(25)23(18(15)24)9-5-8-21-10-12-22(13-11-21)16-6-3-4-7-17(16)26-2/h3-4,6-7,14H,5,8-13H2,1-2H3,(H,20,25). The average Bonchev–Trinajstić information content (AvgIpc) is 2.68. The minimum absolute atomic E-state index is 0.199. The van der Waals surface area contributed by atoms with Gasteiger partial charge in [0.1, 0.15) is 5.75 Å². The van der Waals surface area contributed by atoms with Gasteiger partial charge in [-0.3, -0.25) is 14.3 Å². The maximum atomic E-state index is 12.0. The van der Waals surface area contributed by atoms with Gasteiger partial charge in [0.2, 0.25) is 0 Å². The van der Waals surface area contributed by atoms with Gasteiger partial charge in [-0.15, -0.1) is 0 Å². The molecule has 1 aliphatic rings. The van der Waals surface area contributed by atoms with Crippen LogP contribution in [0, 0.1) is 6.92 Å². The molecule has 0 amide bonds. The van der Waals surface area contributed by atoms with Crippen LogP contribution in [0.4, 0.5) is 5.69 Å². The van der Waals surface area contributed by atoms with Crippen molar-refractivity contribution in [1.82, 2.24) is 14.5 Å². The van der Waals surface area contributed by atoms with Crippen molar-refractivity contribution in [3.05, 3.63) is 56.9 Å². The molecule has 2 aromatic rings. The molecule has 1 aliphatic heterocycles. The van der Waals surface area contributed by atoms with E-state index in [1.165, 1.54) is 10.8 Å². The van der Waals surface area contributed by atoms with Crippen LogP contribution in [0.2, 0.25) is 0 Å². The number of hydrogen-bond donors (Lipinski definition) is 1. The van der Waals surface area contributed by atoms with Crippen molar-refractivity contribution >= 4 is 5.69 Å². The smallest absolute Gasteiger partial charge is 0.328 e. The topological polar surface area (TPSA) is 70.6 Å². The Bertz CT molecular complexity index is 850. The van der Waals surface area contributed by atoms with Gasteiger partial charge in [-0.2, -0.15) is 0 Å². The van der Waals surface area contributed by atoms with E-state index in [2.05, 4.69) is 20.9 Å². The lowest BCUT2D eigenvalue weighted by Gasteiger charge is -2.36. The predicted molar refractivity (Wildman–Crippen MR) is 102 cm³/mol. The van der Waals surface area contributed by atoms with E-state index >= 15 is 0 Å². The van der Waals surface area contributed by atoms with Gasteiger partial charge >= 0.3 is 5.69 Å². The number of nitrogens with one attached hydrogen (secondary N) is 1. The molecule has 0 bridgehead atoms. The third-order valence-corrected chi connectivity index (χ3v) is 4.89. The van der Waals surface area contributed by atoms with Crippen molar-refractivity contribution in [1.29, 1.82) is 0 Å². The van der Waals surface area contributed by atoms with E-state index in [1.807, 2.05) is 18.2 Å². The van der Waals surface area contributed by atoms with Gasteiger partial charge in [0.25, 0.3) is 5.56 Å². The number of aromatic nitrogens is 2. The Kier molecular flexibility index (Phi) is 5.78. The number of nitrogens with zero attached hydrogens (tertiary/aromatic N) is 3. The molecule has 0 saturated carbocycles. The van der Waals surface area contributed by atoms with Gasteiger partial charge in [-0.05, 0) is 32.0 Å². The summed E-state index contributed by atoms with van der Waals surface area (Å²) in [4.78, 5) is 31.2. The molecule has 140 valence electrons. The van der Waals surface area contributed by atoms with Crippen LogP contribution in [0.3, 0.4) is 0 Å². The van der Waals surface area contributed by atoms with Gasteiger partial charge < -0.3 is 14.6 Å². The summed E-state index contributed by atoms with van der Waals surface area (Å²) in [6, 6.07) is 8.08. The number of H-pyrrole nitrogens is 1. The molecule has 1 aromatic heterocycles. The summed E-state index contributed by atoms with van der Waals surface area (Å²) in [7, 11) is 1.70. The van der Waals surface area contributed by atoms with Crippen LogP contribution >= 0.6 is 0 Å². The van der Waals surface area contributed by atoms with Crippen LogP contribution < -0.4 is 20.9 Å². The van der Waals surface area contributed by atoms with E-state index in [9.17, 15) is 9.59 Å². The van der Waals surface area contributed by atoms with Crippen LogP contribution in [0.15, 0.2) is 40.1 Å². The number of rotatable bonds is 6. The Hall–Kier alpha value is -2.54. The Labute approximate surface area is 152 Å². The molecule has 26 heavy (non-hydrogen) atoms. The first kappa shape index (κ1) is 18.3. The van der Waals surface area contributed by atoms with E-state index < -0.39 is 0 Å². The fourth-order valence-corrected chi connectivity index (χ4v) is 3.37. The molecule has 1 saturated heterocycles. The van der Waals surface area contributed by atoms with Crippen molar-refractivity contribution in [2.75, 3.05) is 44.7 Å². The molecule has 0 atom stereocenters. The second-order valence-corrected chi connectivity index (χ2v) is 6.59. The molecule has 1 aromatic carbocycles. The molecule has 0 radical (unpaired) electrons. The van der Waals surface area contributed by atoms with E-state index in [0.717, 1.165) is 50.6 Å². The molecule has 3 rings (SSSR count). The number of piperazine rings is 1. The molecule has 0 spiro atoms. The number of ether oxygens (including phenoxy) is 1. The summed E-state index contributed by atoms with van der Waals surface area (Å²) >= 11 is 0. The molecule has 2 heterocycles. The third-order valence-electron chi connectivity index (χ3n) is 4.89. The average molecular weight is 358 g/mol. The second-order valence-electron chi connectivity index (χ2n) is 6.59. The second kappa shape index (κ2) is 8.23. The zero-order valence-corrected chi connectivity index (χ0v) is 15.4. The SMILES string of the molecule is COc1ccccc1N1CCN(CCCn2c(=O)[nH]cc(C)c2=O)CC1. The minimum atomic E-state index is -0.332. The first-order chi connectivity index (χ1) is 12.6. The molecule has 1 N–H and O–H groups in total. The third kappa shape index (κ3) is 3.99. The molecule has 7 nitrogen and oxygen atoms in total. The van der Waals surface area contributed by atoms with Gasteiger partial charge in [0, 0.05) is 44.5 Å². The maximum Gasteiger partial charge on any atom is 0.328 e. The van der Waals surface area contributed by atoms with E-state index in [4.69, 9.17) is 4.74 Å². The van der Waals surface area contributed by atoms with Crippen LogP contribution in [0.1, 0.15) is 12.0 Å². The van der Waals surface area contributed by atoms with Crippen LogP contribution in [0.5, 0.6) is 5.75 Å². The Morgan fingerprint density at radius 3 is 2.54 bits per heavy atom. The summed E-state index contributed by atoms with van der Waals surface area (Å²) in [5.74, 6) is 0.902. The summed E-state index contributed by atoms with van der Waals surface area (Å²) in [6.07, 6.45) is 2.25. The van der Waals surface area contributed by atoms with Gasteiger partial charge in [0.15, 0.2) is 0 Å². The van der Waals surface area contributed by atoms with Gasteiger partial charge in [-0.25, -0.2) is 4.79 Å². The molecule has 7 heteroatoms. The lowest BCUT2D eigenvalue weighted by molar-refractivity contribution is 0.249. The lowest BCUT2D eigenvalue weighted by atomic mass is 10.2. The summed E-state index contributed by atoms with van der Waals surface area (Å²) in [5.41, 5.74) is 1.17. The number of hydrogen-bond acceptors (Lipinski definition) is 5. The monoisotopic (exact) mass is 358 g/mol. The number of anilines is 1. The molecular weight excluding hydrogens is 332 g/mol. The first-order valence-corrected chi connectivity index (χ1v) is 8.99. The van der Waals surface area contributed by atoms with Gasteiger partial charge in [-0.1, -0.05) is 12.1 Å². The zero-order valence-electron chi connectivity index (χ0n) is 15.4. The van der Waals surface area contributed by atoms with Crippen LogP contribution in [-0.4, -0.2) is 54.3 Å². The fourth-order valence-electron chi connectivity index (χ4n) is 3.37. The summed E-state index contributed by atoms with van der Waals surface area (Å²) < 4.78 is 6.74. The summed E-state index contributed by atoms with van der Waals surface area (Å²) in [5, 5.41) is 0. The Balaban J connectivity index is 1.51. The number of aryl methyl sites for hydroxylation is 1. The van der Waals surface area contributed by atoms with Crippen molar-refractivity contribution in [2.45, 2.75) is 19.9 Å². The first-order valence-electron chi connectivity index (χ1n) is 8.99. The Morgan fingerprint density at radius 1 is 1.08 bits per heavy atom. The van der Waals surface area contributed by atoms with E-state index in [1.54, 1.807) is 14.0 Å². The quantitative estimate of drug-likeness (QED) is 0.836. The van der Waals surface area contributed by atoms with Crippen molar-refractivity contribution in [3.8, 4) is 5.75 Å². The highest BCUT2D eigenvalue weighted by molar-refractivity contribution is 5.58. The minimum Gasteiger partial charge on any atom is -0.495 e. The molecule has 1 fully saturated rings. The van der Waals surface area contributed by atoms with Crippen molar-refractivity contribution in [3.63, 3.8) is 0 Å². The molecular formula is C19H26N4O3. The lowest BCUT2D eigenvalue weighted by Crippen LogP contribution is -2.47. The largest absolute Gasteiger partial charge is 0.495 e. The maximum absolute atomic E-state index is 12.0.